The highest BCUT2D eigenvalue weighted by molar-refractivity contribution is 5.86. The maximum Gasteiger partial charge on any atom is 0.405 e. The van der Waals surface area contributed by atoms with E-state index in [1.54, 1.807) is 0 Å². The van der Waals surface area contributed by atoms with Crippen LogP contribution in [0.4, 0.5) is 24.7 Å². The first-order valence-corrected chi connectivity index (χ1v) is 5.47. The van der Waals surface area contributed by atoms with Crippen molar-refractivity contribution in [1.29, 1.82) is 0 Å². The highest BCUT2D eigenvalue weighted by Crippen LogP contribution is 2.29. The second-order valence-corrected chi connectivity index (χ2v) is 3.86. The van der Waals surface area contributed by atoms with Gasteiger partial charge < -0.3 is 15.1 Å². The SMILES string of the molecule is O=C(O)c1ccc([N+](=O)[O-])c(N(CCO)CC(F)(F)F)n1. The van der Waals surface area contributed by atoms with Crippen molar-refractivity contribution < 1.29 is 33.1 Å². The molecule has 21 heavy (non-hydrogen) atoms. The van der Waals surface area contributed by atoms with Crippen LogP contribution >= 0.6 is 0 Å². The van der Waals surface area contributed by atoms with Crippen LogP contribution in [0.2, 0.25) is 0 Å². The molecule has 0 radical (unpaired) electrons. The number of carbonyl (C=O) groups is 1. The number of aliphatic hydroxyl groups excluding tert-OH is 1. The molecule has 1 aromatic heterocycles. The van der Waals surface area contributed by atoms with E-state index in [1.807, 2.05) is 0 Å². The third kappa shape index (κ3) is 4.56. The summed E-state index contributed by atoms with van der Waals surface area (Å²) in [5.41, 5.74) is -1.42. The van der Waals surface area contributed by atoms with Crippen molar-refractivity contribution in [3.05, 3.63) is 27.9 Å². The summed E-state index contributed by atoms with van der Waals surface area (Å²) in [4.78, 5) is 24.4. The molecule has 0 fully saturated rings. The van der Waals surface area contributed by atoms with Gasteiger partial charge in [-0.25, -0.2) is 9.78 Å². The van der Waals surface area contributed by atoms with E-state index in [2.05, 4.69) is 4.98 Å². The standard InChI is InChI=1S/C10H10F3N3O5/c11-10(12,13)5-15(3-4-17)8-7(16(20)21)2-1-6(14-8)9(18)19/h1-2,17H,3-5H2,(H,18,19). The zero-order chi connectivity index (χ0) is 16.2. The van der Waals surface area contributed by atoms with Gasteiger partial charge in [-0.3, -0.25) is 10.1 Å². The minimum absolute atomic E-state index is 0.407. The first kappa shape index (κ1) is 16.6. The van der Waals surface area contributed by atoms with Crippen LogP contribution in [0.3, 0.4) is 0 Å². The van der Waals surface area contributed by atoms with Gasteiger partial charge in [-0.2, -0.15) is 13.2 Å². The molecular formula is C10H10F3N3O5. The molecule has 0 amide bonds. The van der Waals surface area contributed by atoms with E-state index in [0.717, 1.165) is 12.1 Å². The van der Waals surface area contributed by atoms with Crippen LogP contribution in [0.15, 0.2) is 12.1 Å². The van der Waals surface area contributed by atoms with E-state index < -0.39 is 54.0 Å². The topological polar surface area (TPSA) is 117 Å². The van der Waals surface area contributed by atoms with Crippen molar-refractivity contribution in [1.82, 2.24) is 4.98 Å². The van der Waals surface area contributed by atoms with Gasteiger partial charge in [0.1, 0.15) is 6.54 Å². The molecule has 8 nitrogen and oxygen atoms in total. The first-order chi connectivity index (χ1) is 9.65. The van der Waals surface area contributed by atoms with E-state index >= 15 is 0 Å². The van der Waals surface area contributed by atoms with Crippen LogP contribution in [-0.4, -0.2) is 52.0 Å². The van der Waals surface area contributed by atoms with Crippen LogP contribution in [0, 0.1) is 10.1 Å². The fraction of sp³-hybridized carbons (Fsp3) is 0.400. The molecule has 2 N–H and O–H groups in total. The molecule has 0 aliphatic carbocycles. The third-order valence-corrected chi connectivity index (χ3v) is 2.31. The second-order valence-electron chi connectivity index (χ2n) is 3.86. The third-order valence-electron chi connectivity index (χ3n) is 2.31. The summed E-state index contributed by atoms with van der Waals surface area (Å²) >= 11 is 0. The number of anilines is 1. The largest absolute Gasteiger partial charge is 0.477 e. The lowest BCUT2D eigenvalue weighted by molar-refractivity contribution is -0.384. The fourth-order valence-corrected chi connectivity index (χ4v) is 1.53. The van der Waals surface area contributed by atoms with Crippen molar-refractivity contribution in [2.24, 2.45) is 0 Å². The van der Waals surface area contributed by atoms with Crippen LogP contribution < -0.4 is 4.90 Å². The van der Waals surface area contributed by atoms with Crippen molar-refractivity contribution in [2.45, 2.75) is 6.18 Å². The van der Waals surface area contributed by atoms with Crippen LogP contribution in [0.25, 0.3) is 0 Å². The molecule has 0 spiro atoms. The number of aliphatic hydroxyl groups is 1. The number of carboxylic acids is 1. The van der Waals surface area contributed by atoms with Crippen LogP contribution in [0.1, 0.15) is 10.5 Å². The van der Waals surface area contributed by atoms with Crippen molar-refractivity contribution in [2.75, 3.05) is 24.6 Å². The van der Waals surface area contributed by atoms with Gasteiger partial charge in [0.15, 0.2) is 5.69 Å². The predicted octanol–water partition coefficient (Wildman–Crippen LogP) is 1.05. The lowest BCUT2D eigenvalue weighted by Crippen LogP contribution is -2.37. The smallest absolute Gasteiger partial charge is 0.405 e. The summed E-state index contributed by atoms with van der Waals surface area (Å²) in [6.45, 7) is -2.91. The number of nitro groups is 1. The van der Waals surface area contributed by atoms with E-state index in [1.165, 1.54) is 0 Å². The summed E-state index contributed by atoms with van der Waals surface area (Å²) in [5, 5.41) is 28.4. The molecular weight excluding hydrogens is 299 g/mol. The van der Waals surface area contributed by atoms with Gasteiger partial charge >= 0.3 is 17.8 Å². The maximum absolute atomic E-state index is 12.5. The second kappa shape index (κ2) is 6.35. The molecule has 11 heteroatoms. The molecule has 0 saturated carbocycles. The molecule has 0 unspecified atom stereocenters. The molecule has 0 aliphatic rings. The summed E-state index contributed by atoms with van der Waals surface area (Å²) in [7, 11) is 0. The number of halogens is 3. The number of aromatic nitrogens is 1. The van der Waals surface area contributed by atoms with Gasteiger partial charge in [-0.15, -0.1) is 0 Å². The number of hydrogen-bond donors (Lipinski definition) is 2. The Kier molecular flexibility index (Phi) is 5.02. The Labute approximate surface area is 115 Å². The van der Waals surface area contributed by atoms with E-state index in [-0.39, 0.29) is 0 Å². The number of pyridine rings is 1. The van der Waals surface area contributed by atoms with Gasteiger partial charge in [0.25, 0.3) is 0 Å². The summed E-state index contributed by atoms with van der Waals surface area (Å²) in [6, 6.07) is 1.57. The van der Waals surface area contributed by atoms with Gasteiger partial charge in [0.2, 0.25) is 5.82 Å². The molecule has 0 saturated heterocycles. The molecule has 0 bridgehead atoms. The number of hydrogen-bond acceptors (Lipinski definition) is 6. The maximum atomic E-state index is 12.5. The highest BCUT2D eigenvalue weighted by Gasteiger charge is 2.34. The average Bonchev–Trinajstić information content (AvgIpc) is 2.35. The van der Waals surface area contributed by atoms with Crippen molar-refractivity contribution in [3.8, 4) is 0 Å². The summed E-state index contributed by atoms with van der Waals surface area (Å²) in [6.07, 6.45) is -4.70. The Morgan fingerprint density at radius 2 is 2.05 bits per heavy atom. The molecule has 1 heterocycles. The minimum atomic E-state index is -4.70. The van der Waals surface area contributed by atoms with Gasteiger partial charge in [0.05, 0.1) is 11.5 Å². The molecule has 0 aromatic carbocycles. The summed E-state index contributed by atoms with van der Waals surface area (Å²) < 4.78 is 37.4. The zero-order valence-corrected chi connectivity index (χ0v) is 10.4. The quantitative estimate of drug-likeness (QED) is 0.595. The van der Waals surface area contributed by atoms with Crippen LogP contribution in [0.5, 0.6) is 0 Å². The number of nitrogens with zero attached hydrogens (tertiary/aromatic N) is 3. The van der Waals surface area contributed by atoms with E-state index in [4.69, 9.17) is 10.2 Å². The lowest BCUT2D eigenvalue weighted by atomic mass is 10.3. The van der Waals surface area contributed by atoms with Gasteiger partial charge in [0, 0.05) is 12.6 Å². The minimum Gasteiger partial charge on any atom is -0.477 e. The zero-order valence-electron chi connectivity index (χ0n) is 10.4. The Hall–Kier alpha value is -2.43. The normalized spacial score (nSPS) is 11.2. The monoisotopic (exact) mass is 309 g/mol. The lowest BCUT2D eigenvalue weighted by Gasteiger charge is -2.23. The van der Waals surface area contributed by atoms with Gasteiger partial charge in [-0.05, 0) is 6.07 Å². The number of alkyl halides is 3. The Morgan fingerprint density at radius 1 is 1.43 bits per heavy atom. The Morgan fingerprint density at radius 3 is 2.48 bits per heavy atom. The molecule has 1 rings (SSSR count). The molecule has 1 aromatic rings. The summed E-state index contributed by atoms with van der Waals surface area (Å²) in [5.74, 6) is -2.30. The Bertz CT molecular complexity index is 549. The average molecular weight is 309 g/mol. The molecule has 0 atom stereocenters. The number of aromatic carboxylic acids is 1. The fourth-order valence-electron chi connectivity index (χ4n) is 1.53. The van der Waals surface area contributed by atoms with Crippen LogP contribution in [-0.2, 0) is 0 Å². The van der Waals surface area contributed by atoms with Gasteiger partial charge in [-0.1, -0.05) is 0 Å². The molecule has 0 aliphatic heterocycles. The van der Waals surface area contributed by atoms with Crippen molar-refractivity contribution >= 4 is 17.5 Å². The first-order valence-electron chi connectivity index (χ1n) is 5.47. The highest BCUT2D eigenvalue weighted by atomic mass is 19.4. The predicted molar refractivity (Wildman–Crippen MR) is 63.2 cm³/mol. The van der Waals surface area contributed by atoms with Crippen molar-refractivity contribution in [3.63, 3.8) is 0 Å². The molecule has 116 valence electrons. The Balaban J connectivity index is 3.34. The van der Waals surface area contributed by atoms with E-state index in [0.29, 0.717) is 4.90 Å². The van der Waals surface area contributed by atoms with E-state index in [9.17, 15) is 28.1 Å². The number of rotatable bonds is 6. The number of carboxylic acid groups (broad SMARTS) is 1.